The zero-order valence-corrected chi connectivity index (χ0v) is 15.1. The molecule has 1 saturated heterocycles. The first-order valence-corrected chi connectivity index (χ1v) is 8.82. The maximum Gasteiger partial charge on any atom is 0.237 e. The van der Waals surface area contributed by atoms with Gasteiger partial charge in [0.05, 0.1) is 12.1 Å². The van der Waals surface area contributed by atoms with E-state index in [1.165, 1.54) is 11.1 Å². The van der Waals surface area contributed by atoms with E-state index in [4.69, 9.17) is 0 Å². The second kappa shape index (κ2) is 7.74. The van der Waals surface area contributed by atoms with Gasteiger partial charge in [0, 0.05) is 19.6 Å². The fourth-order valence-corrected chi connectivity index (χ4v) is 3.20. The van der Waals surface area contributed by atoms with Crippen LogP contribution in [0.5, 0.6) is 0 Å². The van der Waals surface area contributed by atoms with Gasteiger partial charge in [-0.15, -0.1) is 5.10 Å². The molecule has 134 valence electrons. The topological polar surface area (TPSA) is 75.9 Å². The molecule has 7 nitrogen and oxygen atoms in total. The molecule has 3 rings (SSSR count). The Balaban J connectivity index is 1.73. The summed E-state index contributed by atoms with van der Waals surface area (Å²) in [6.45, 7) is 8.49. The molecule has 0 bridgehead atoms. The Kier molecular flexibility index (Phi) is 5.43. The number of likely N-dealkylation sites (tertiary alicyclic amines) is 1. The van der Waals surface area contributed by atoms with Crippen LogP contribution in [0.25, 0.3) is 0 Å². The average molecular weight is 342 g/mol. The van der Waals surface area contributed by atoms with Crippen molar-refractivity contribution in [3.8, 4) is 0 Å². The van der Waals surface area contributed by atoms with Gasteiger partial charge in [-0.05, 0) is 35.3 Å². The fourth-order valence-electron chi connectivity index (χ4n) is 3.20. The van der Waals surface area contributed by atoms with E-state index in [0.29, 0.717) is 12.5 Å². The number of rotatable bonds is 6. The molecule has 0 radical (unpaired) electrons. The molecule has 1 aromatic heterocycles. The molecule has 2 heterocycles. The van der Waals surface area contributed by atoms with Gasteiger partial charge in [0.2, 0.25) is 5.91 Å². The molecule has 7 heteroatoms. The number of hydrogen-bond acceptors (Lipinski definition) is 5. The minimum atomic E-state index is -0.158. The predicted molar refractivity (Wildman–Crippen MR) is 94.7 cm³/mol. The van der Waals surface area contributed by atoms with E-state index < -0.39 is 0 Å². The third kappa shape index (κ3) is 4.42. The second-order valence-corrected chi connectivity index (χ2v) is 7.25. The van der Waals surface area contributed by atoms with E-state index in [-0.39, 0.29) is 18.0 Å². The number of carbonyl (C=O) groups excluding carboxylic acids is 1. The van der Waals surface area contributed by atoms with Crippen LogP contribution in [0.1, 0.15) is 37.4 Å². The van der Waals surface area contributed by atoms with Gasteiger partial charge in [-0.2, -0.15) is 0 Å². The normalized spacial score (nSPS) is 21.0. The van der Waals surface area contributed by atoms with Crippen molar-refractivity contribution in [2.24, 2.45) is 5.92 Å². The van der Waals surface area contributed by atoms with E-state index in [2.05, 4.69) is 70.8 Å². The number of amides is 1. The van der Waals surface area contributed by atoms with Crippen LogP contribution in [0.2, 0.25) is 0 Å². The summed E-state index contributed by atoms with van der Waals surface area (Å²) in [6.07, 6.45) is 2.35. The van der Waals surface area contributed by atoms with Crippen molar-refractivity contribution >= 4 is 5.91 Å². The van der Waals surface area contributed by atoms with Crippen LogP contribution in [-0.4, -0.2) is 50.1 Å². The molecule has 1 aliphatic heterocycles. The molecule has 1 fully saturated rings. The molecular formula is C18H26N6O. The van der Waals surface area contributed by atoms with Gasteiger partial charge in [0.1, 0.15) is 6.33 Å². The van der Waals surface area contributed by atoms with Crippen LogP contribution in [0.15, 0.2) is 30.6 Å². The van der Waals surface area contributed by atoms with Crippen molar-refractivity contribution in [3.05, 3.63) is 41.7 Å². The number of hydrogen-bond donors (Lipinski definition) is 1. The summed E-state index contributed by atoms with van der Waals surface area (Å²) in [5.74, 6) is 0.530. The number of tetrazole rings is 1. The van der Waals surface area contributed by atoms with Gasteiger partial charge in [-0.25, -0.2) is 4.68 Å². The molecule has 1 aromatic carbocycles. The van der Waals surface area contributed by atoms with E-state index in [1.807, 2.05) is 0 Å². The number of nitrogens with zero attached hydrogens (tertiary/aromatic N) is 5. The van der Waals surface area contributed by atoms with Crippen molar-refractivity contribution < 1.29 is 4.79 Å². The zero-order valence-electron chi connectivity index (χ0n) is 15.1. The second-order valence-electron chi connectivity index (χ2n) is 7.25. The third-order valence-electron chi connectivity index (χ3n) is 4.61. The Labute approximate surface area is 148 Å². The quantitative estimate of drug-likeness (QED) is 0.862. The number of aryl methyl sites for hydroxylation is 1. The van der Waals surface area contributed by atoms with Crippen LogP contribution in [0.4, 0.5) is 0 Å². The summed E-state index contributed by atoms with van der Waals surface area (Å²) in [7, 11) is 0. The van der Waals surface area contributed by atoms with Crippen LogP contribution in [0.3, 0.4) is 0 Å². The lowest BCUT2D eigenvalue weighted by atomic mass is 10.1. The van der Waals surface area contributed by atoms with Crippen LogP contribution in [0, 0.1) is 12.8 Å². The molecule has 2 atom stereocenters. The molecule has 2 aromatic rings. The van der Waals surface area contributed by atoms with E-state index in [0.717, 1.165) is 19.5 Å². The van der Waals surface area contributed by atoms with Gasteiger partial charge in [-0.3, -0.25) is 9.69 Å². The van der Waals surface area contributed by atoms with E-state index in [1.54, 1.807) is 11.0 Å². The van der Waals surface area contributed by atoms with Crippen molar-refractivity contribution in [1.29, 1.82) is 0 Å². The summed E-state index contributed by atoms with van der Waals surface area (Å²) >= 11 is 0. The predicted octanol–water partition coefficient (Wildman–Crippen LogP) is 1.57. The first-order chi connectivity index (χ1) is 12.0. The molecule has 0 spiro atoms. The summed E-state index contributed by atoms with van der Waals surface area (Å²) in [5.41, 5.74) is 2.45. The standard InChI is InChI=1S/C18H26N6O/c1-13(2)9-19-18(25)17-8-16(24-12-20-21-22-24)11-23(17)10-15-6-4-14(3)5-7-15/h4-7,12-13,16-17H,8-11H2,1-3H3,(H,19,25)/t16-,17+/m1/s1. The largest absolute Gasteiger partial charge is 0.354 e. The maximum absolute atomic E-state index is 12.7. The molecule has 0 saturated carbocycles. The van der Waals surface area contributed by atoms with Gasteiger partial charge >= 0.3 is 0 Å². The highest BCUT2D eigenvalue weighted by atomic mass is 16.2. The number of carbonyl (C=O) groups is 1. The molecule has 0 aliphatic carbocycles. The van der Waals surface area contributed by atoms with Crippen molar-refractivity contribution in [3.63, 3.8) is 0 Å². The van der Waals surface area contributed by atoms with Crippen LogP contribution < -0.4 is 5.32 Å². The SMILES string of the molecule is Cc1ccc(CN2C[C@H](n3cnnn3)C[C@H]2C(=O)NCC(C)C)cc1. The highest BCUT2D eigenvalue weighted by Crippen LogP contribution is 2.28. The van der Waals surface area contributed by atoms with Gasteiger partial charge in [-0.1, -0.05) is 43.7 Å². The summed E-state index contributed by atoms with van der Waals surface area (Å²) < 4.78 is 1.76. The Morgan fingerprint density at radius 2 is 2.08 bits per heavy atom. The summed E-state index contributed by atoms with van der Waals surface area (Å²) in [4.78, 5) is 14.9. The van der Waals surface area contributed by atoms with Crippen molar-refractivity contribution in [2.45, 2.75) is 45.8 Å². The van der Waals surface area contributed by atoms with Gasteiger partial charge in [0.15, 0.2) is 0 Å². The van der Waals surface area contributed by atoms with E-state index in [9.17, 15) is 4.79 Å². The van der Waals surface area contributed by atoms with E-state index >= 15 is 0 Å². The van der Waals surface area contributed by atoms with Crippen LogP contribution >= 0.6 is 0 Å². The molecule has 1 aliphatic rings. The highest BCUT2D eigenvalue weighted by molar-refractivity contribution is 5.82. The molecular weight excluding hydrogens is 316 g/mol. The van der Waals surface area contributed by atoms with Crippen LogP contribution in [-0.2, 0) is 11.3 Å². The summed E-state index contributed by atoms with van der Waals surface area (Å²) in [6, 6.07) is 8.44. The minimum absolute atomic E-state index is 0.0939. The first-order valence-electron chi connectivity index (χ1n) is 8.82. The Hall–Kier alpha value is -2.28. The zero-order chi connectivity index (χ0) is 17.8. The third-order valence-corrected chi connectivity index (χ3v) is 4.61. The monoisotopic (exact) mass is 342 g/mol. The molecule has 0 unspecified atom stereocenters. The molecule has 25 heavy (non-hydrogen) atoms. The first kappa shape index (κ1) is 17.5. The summed E-state index contributed by atoms with van der Waals surface area (Å²) in [5, 5.41) is 14.5. The minimum Gasteiger partial charge on any atom is -0.354 e. The maximum atomic E-state index is 12.7. The lowest BCUT2D eigenvalue weighted by molar-refractivity contribution is -0.125. The lowest BCUT2D eigenvalue weighted by Crippen LogP contribution is -2.43. The lowest BCUT2D eigenvalue weighted by Gasteiger charge is -2.24. The number of nitrogens with one attached hydrogen (secondary N) is 1. The Bertz CT molecular complexity index is 682. The average Bonchev–Trinajstić information content (AvgIpc) is 3.24. The number of benzene rings is 1. The highest BCUT2D eigenvalue weighted by Gasteiger charge is 2.38. The fraction of sp³-hybridized carbons (Fsp3) is 0.556. The Morgan fingerprint density at radius 1 is 1.32 bits per heavy atom. The van der Waals surface area contributed by atoms with Gasteiger partial charge < -0.3 is 5.32 Å². The van der Waals surface area contributed by atoms with Gasteiger partial charge in [0.25, 0.3) is 0 Å². The van der Waals surface area contributed by atoms with Crippen molar-refractivity contribution in [1.82, 2.24) is 30.4 Å². The molecule has 1 amide bonds. The smallest absolute Gasteiger partial charge is 0.237 e. The number of aromatic nitrogens is 4. The molecule has 1 N–H and O–H groups in total. The van der Waals surface area contributed by atoms with Crippen molar-refractivity contribution in [2.75, 3.05) is 13.1 Å². The Morgan fingerprint density at radius 3 is 2.72 bits per heavy atom.